The number of amides is 1. The van der Waals surface area contributed by atoms with E-state index in [9.17, 15) is 19.8 Å². The molecule has 0 radical (unpaired) electrons. The Labute approximate surface area is 385 Å². The fraction of sp³-hybridized carbons (Fsp3) is 0.857. The SMILES string of the molecule is CCCCC/C=C\C/C=C\CCCCCCCC(=O)OCCCCCCCCCCCCCCCCCCCCCCCC(=O)NC(CO)C(O)/C=C/CCCCCCCCC. The predicted octanol–water partition coefficient (Wildman–Crippen LogP) is 16.5. The summed E-state index contributed by atoms with van der Waals surface area (Å²) < 4.78 is 5.47. The minimum atomic E-state index is -0.843. The number of allylic oxidation sites excluding steroid dienone is 5. The Balaban J connectivity index is 3.38. The number of hydrogen-bond acceptors (Lipinski definition) is 5. The van der Waals surface area contributed by atoms with Gasteiger partial charge in [0.05, 0.1) is 25.4 Å². The first-order chi connectivity index (χ1) is 30.5. The molecule has 0 aliphatic heterocycles. The molecule has 1 amide bonds. The van der Waals surface area contributed by atoms with Crippen molar-refractivity contribution in [3.8, 4) is 0 Å². The van der Waals surface area contributed by atoms with Crippen LogP contribution in [0.2, 0.25) is 0 Å². The van der Waals surface area contributed by atoms with Crippen LogP contribution in [0.5, 0.6) is 0 Å². The lowest BCUT2D eigenvalue weighted by Crippen LogP contribution is -2.45. The second-order valence-electron chi connectivity index (χ2n) is 18.6. The summed E-state index contributed by atoms with van der Waals surface area (Å²) >= 11 is 0. The predicted molar refractivity (Wildman–Crippen MR) is 269 cm³/mol. The molecule has 0 bridgehead atoms. The highest BCUT2D eigenvalue weighted by Gasteiger charge is 2.18. The average Bonchev–Trinajstić information content (AvgIpc) is 3.27. The van der Waals surface area contributed by atoms with Gasteiger partial charge in [0, 0.05) is 12.8 Å². The van der Waals surface area contributed by atoms with Crippen molar-refractivity contribution in [1.29, 1.82) is 0 Å². The van der Waals surface area contributed by atoms with Crippen molar-refractivity contribution in [2.45, 2.75) is 296 Å². The Kier molecular flexibility index (Phi) is 50.1. The van der Waals surface area contributed by atoms with E-state index in [1.54, 1.807) is 6.08 Å². The maximum Gasteiger partial charge on any atom is 0.305 e. The Morgan fingerprint density at radius 3 is 1.26 bits per heavy atom. The summed E-state index contributed by atoms with van der Waals surface area (Å²) in [6, 6.07) is -0.626. The third-order valence-corrected chi connectivity index (χ3v) is 12.4. The quantitative estimate of drug-likeness (QED) is 0.0321. The van der Waals surface area contributed by atoms with Crippen molar-refractivity contribution in [3.63, 3.8) is 0 Å². The minimum Gasteiger partial charge on any atom is -0.466 e. The van der Waals surface area contributed by atoms with E-state index in [2.05, 4.69) is 43.5 Å². The zero-order valence-electron chi connectivity index (χ0n) is 41.4. The standard InChI is InChI=1S/C56H105NO5/c1-3-5-7-9-11-13-14-15-23-27-30-34-38-42-46-50-56(61)62-51-47-43-39-35-31-28-25-22-20-18-16-17-19-21-24-26-29-33-37-41-45-49-55(60)57-53(52-58)54(59)48-44-40-36-32-12-10-8-6-4-2/h11,13,15,23,44,48,53-54,58-59H,3-10,12,14,16-22,24-43,45-47,49-52H2,1-2H3,(H,57,60)/b13-11-,23-15-,48-44+. The largest absolute Gasteiger partial charge is 0.466 e. The molecule has 0 aromatic heterocycles. The highest BCUT2D eigenvalue weighted by atomic mass is 16.5. The smallest absolute Gasteiger partial charge is 0.305 e. The summed E-state index contributed by atoms with van der Waals surface area (Å²) in [5, 5.41) is 22.9. The van der Waals surface area contributed by atoms with Crippen LogP contribution in [-0.4, -0.2) is 47.4 Å². The second kappa shape index (κ2) is 51.7. The zero-order chi connectivity index (χ0) is 45.1. The Bertz CT molecular complexity index is 1010. The Morgan fingerprint density at radius 1 is 0.452 bits per heavy atom. The van der Waals surface area contributed by atoms with Gasteiger partial charge in [0.15, 0.2) is 0 Å². The van der Waals surface area contributed by atoms with E-state index in [4.69, 9.17) is 4.74 Å². The first kappa shape index (κ1) is 60.1. The van der Waals surface area contributed by atoms with Crippen LogP contribution >= 0.6 is 0 Å². The molecule has 0 aliphatic carbocycles. The highest BCUT2D eigenvalue weighted by molar-refractivity contribution is 5.76. The van der Waals surface area contributed by atoms with E-state index in [0.29, 0.717) is 19.4 Å². The van der Waals surface area contributed by atoms with Gasteiger partial charge in [-0.15, -0.1) is 0 Å². The fourth-order valence-electron chi connectivity index (χ4n) is 8.19. The number of rotatable bonds is 50. The van der Waals surface area contributed by atoms with Gasteiger partial charge in [0.25, 0.3) is 0 Å². The summed E-state index contributed by atoms with van der Waals surface area (Å²) in [7, 11) is 0. The van der Waals surface area contributed by atoms with Crippen molar-refractivity contribution in [1.82, 2.24) is 5.32 Å². The van der Waals surface area contributed by atoms with E-state index >= 15 is 0 Å². The molecule has 0 aromatic carbocycles. The molecule has 0 saturated carbocycles. The summed E-state index contributed by atoms with van der Waals surface area (Å²) in [4.78, 5) is 24.4. The molecule has 2 unspecified atom stereocenters. The molecule has 3 N–H and O–H groups in total. The number of aliphatic hydroxyl groups is 2. The van der Waals surface area contributed by atoms with Gasteiger partial charge in [0.2, 0.25) is 5.91 Å². The molecule has 6 heteroatoms. The van der Waals surface area contributed by atoms with Crippen molar-refractivity contribution < 1.29 is 24.5 Å². The highest BCUT2D eigenvalue weighted by Crippen LogP contribution is 2.16. The lowest BCUT2D eigenvalue weighted by Gasteiger charge is -2.20. The van der Waals surface area contributed by atoms with Crippen LogP contribution in [0.4, 0.5) is 0 Å². The van der Waals surface area contributed by atoms with Crippen LogP contribution in [0.25, 0.3) is 0 Å². The van der Waals surface area contributed by atoms with Gasteiger partial charge in [0.1, 0.15) is 0 Å². The topological polar surface area (TPSA) is 95.9 Å². The van der Waals surface area contributed by atoms with Gasteiger partial charge >= 0.3 is 5.97 Å². The van der Waals surface area contributed by atoms with Gasteiger partial charge in [-0.2, -0.15) is 0 Å². The van der Waals surface area contributed by atoms with Crippen LogP contribution in [0.1, 0.15) is 284 Å². The summed E-state index contributed by atoms with van der Waals surface area (Å²) in [6.45, 7) is 4.84. The van der Waals surface area contributed by atoms with Crippen LogP contribution in [0.15, 0.2) is 36.5 Å². The monoisotopic (exact) mass is 872 g/mol. The van der Waals surface area contributed by atoms with Crippen molar-refractivity contribution in [3.05, 3.63) is 36.5 Å². The third-order valence-electron chi connectivity index (χ3n) is 12.4. The summed E-state index contributed by atoms with van der Waals surface area (Å²) in [5.41, 5.74) is 0. The third kappa shape index (κ3) is 47.6. The molecule has 0 aliphatic rings. The van der Waals surface area contributed by atoms with E-state index < -0.39 is 12.1 Å². The second-order valence-corrected chi connectivity index (χ2v) is 18.6. The molecule has 0 fully saturated rings. The maximum atomic E-state index is 12.4. The Morgan fingerprint density at radius 2 is 0.806 bits per heavy atom. The molecule has 0 spiro atoms. The van der Waals surface area contributed by atoms with Crippen LogP contribution in [0.3, 0.4) is 0 Å². The van der Waals surface area contributed by atoms with Crippen molar-refractivity contribution >= 4 is 11.9 Å². The molecule has 364 valence electrons. The number of esters is 1. The number of carbonyl (C=O) groups is 2. The van der Waals surface area contributed by atoms with Gasteiger partial charge in [-0.3, -0.25) is 9.59 Å². The van der Waals surface area contributed by atoms with Crippen molar-refractivity contribution in [2.75, 3.05) is 13.2 Å². The number of nitrogens with one attached hydrogen (secondary N) is 1. The van der Waals surface area contributed by atoms with Crippen molar-refractivity contribution in [2.24, 2.45) is 0 Å². The number of carbonyl (C=O) groups excluding carboxylic acids is 2. The van der Waals surface area contributed by atoms with E-state index in [0.717, 1.165) is 51.4 Å². The molecule has 6 nitrogen and oxygen atoms in total. The van der Waals surface area contributed by atoms with Gasteiger partial charge in [-0.1, -0.05) is 243 Å². The normalized spacial score (nSPS) is 12.9. The lowest BCUT2D eigenvalue weighted by atomic mass is 10.0. The molecule has 62 heavy (non-hydrogen) atoms. The number of unbranched alkanes of at least 4 members (excludes halogenated alkanes) is 35. The first-order valence-electron chi connectivity index (χ1n) is 27.3. The average molecular weight is 872 g/mol. The number of aliphatic hydroxyl groups excluding tert-OH is 2. The molecule has 0 aromatic rings. The molecular formula is C56H105NO5. The van der Waals surface area contributed by atoms with E-state index in [1.807, 2.05) is 6.08 Å². The van der Waals surface area contributed by atoms with Gasteiger partial charge in [-0.25, -0.2) is 0 Å². The molecule has 0 rings (SSSR count). The van der Waals surface area contributed by atoms with Crippen LogP contribution in [0, 0.1) is 0 Å². The lowest BCUT2D eigenvalue weighted by molar-refractivity contribution is -0.143. The van der Waals surface area contributed by atoms with Crippen LogP contribution in [-0.2, 0) is 14.3 Å². The van der Waals surface area contributed by atoms with Crippen LogP contribution < -0.4 is 5.32 Å². The number of hydrogen-bond donors (Lipinski definition) is 3. The maximum absolute atomic E-state index is 12.4. The summed E-state index contributed by atoms with van der Waals surface area (Å²) in [5.74, 6) is -0.0756. The number of ether oxygens (including phenoxy) is 1. The van der Waals surface area contributed by atoms with E-state index in [1.165, 1.54) is 205 Å². The first-order valence-corrected chi connectivity index (χ1v) is 27.3. The molecule has 0 saturated heterocycles. The minimum absolute atomic E-state index is 0.00330. The Hall–Kier alpha value is -1.92. The molecule has 0 heterocycles. The summed E-state index contributed by atoms with van der Waals surface area (Å²) in [6.07, 6.45) is 63.1. The van der Waals surface area contributed by atoms with Gasteiger partial charge in [-0.05, 0) is 64.2 Å². The molecular weight excluding hydrogens is 767 g/mol. The molecule has 2 atom stereocenters. The van der Waals surface area contributed by atoms with E-state index in [-0.39, 0.29) is 18.5 Å². The fourth-order valence-corrected chi connectivity index (χ4v) is 8.19. The van der Waals surface area contributed by atoms with Gasteiger partial charge < -0.3 is 20.3 Å². The zero-order valence-corrected chi connectivity index (χ0v) is 41.4.